The van der Waals surface area contributed by atoms with Crippen LogP contribution in [0.25, 0.3) is 0 Å². The van der Waals surface area contributed by atoms with Crippen molar-refractivity contribution in [2.45, 2.75) is 25.6 Å². The summed E-state index contributed by atoms with van der Waals surface area (Å²) in [6, 6.07) is 4.27. The average molecular weight is 332 g/mol. The first kappa shape index (κ1) is 16.2. The summed E-state index contributed by atoms with van der Waals surface area (Å²) in [5, 5.41) is 17.5. The second-order valence-corrected chi connectivity index (χ2v) is 5.61. The lowest BCUT2D eigenvalue weighted by atomic mass is 10.1. The summed E-state index contributed by atoms with van der Waals surface area (Å²) >= 11 is 11.7. The third kappa shape index (κ3) is 4.41. The lowest BCUT2D eigenvalue weighted by Crippen LogP contribution is -2.32. The van der Waals surface area contributed by atoms with Crippen molar-refractivity contribution in [3.63, 3.8) is 0 Å². The first-order valence-corrected chi connectivity index (χ1v) is 7.26. The molecule has 2 N–H and O–H groups in total. The second kappa shape index (κ2) is 7.22. The fourth-order valence-corrected chi connectivity index (χ4v) is 2.53. The summed E-state index contributed by atoms with van der Waals surface area (Å²) in [6.07, 6.45) is 2.82. The summed E-state index contributed by atoms with van der Waals surface area (Å²) in [4.78, 5) is 0. The van der Waals surface area contributed by atoms with Gasteiger partial charge in [0.1, 0.15) is 5.82 Å². The van der Waals surface area contributed by atoms with Crippen molar-refractivity contribution in [1.29, 1.82) is 0 Å². The Kier molecular flexibility index (Phi) is 5.58. The predicted molar refractivity (Wildman–Crippen MR) is 81.1 cm³/mol. The molecule has 7 heteroatoms. The van der Waals surface area contributed by atoms with Crippen LogP contribution in [-0.4, -0.2) is 27.5 Å². The maximum absolute atomic E-state index is 13.5. The molecule has 0 amide bonds. The number of aliphatic hydroxyl groups excluding tert-OH is 1. The Morgan fingerprint density at radius 2 is 2.14 bits per heavy atom. The van der Waals surface area contributed by atoms with Gasteiger partial charge >= 0.3 is 0 Å². The zero-order valence-corrected chi connectivity index (χ0v) is 12.9. The fourth-order valence-electron chi connectivity index (χ4n) is 1.98. The van der Waals surface area contributed by atoms with Gasteiger partial charge in [0.15, 0.2) is 0 Å². The van der Waals surface area contributed by atoms with Crippen molar-refractivity contribution in [3.8, 4) is 0 Å². The summed E-state index contributed by atoms with van der Waals surface area (Å²) in [6.45, 7) is 2.56. The molecule has 0 aliphatic heterocycles. The molecule has 21 heavy (non-hydrogen) atoms. The summed E-state index contributed by atoms with van der Waals surface area (Å²) in [7, 11) is 0. The molecule has 0 unspecified atom stereocenters. The molecule has 2 rings (SSSR count). The van der Waals surface area contributed by atoms with Crippen LogP contribution in [0.3, 0.4) is 0 Å². The lowest BCUT2D eigenvalue weighted by molar-refractivity contribution is 0.143. The zero-order valence-electron chi connectivity index (χ0n) is 11.4. The molecular weight excluding hydrogens is 316 g/mol. The monoisotopic (exact) mass is 331 g/mol. The van der Waals surface area contributed by atoms with Crippen LogP contribution in [0, 0.1) is 5.82 Å². The highest BCUT2D eigenvalue weighted by molar-refractivity contribution is 6.35. The van der Waals surface area contributed by atoms with Crippen molar-refractivity contribution >= 4 is 23.2 Å². The van der Waals surface area contributed by atoms with Crippen LogP contribution in [-0.2, 0) is 6.54 Å². The molecule has 0 radical (unpaired) electrons. The number of nitrogens with one attached hydrogen (secondary N) is 1. The first-order valence-electron chi connectivity index (χ1n) is 6.50. The number of rotatable bonds is 6. The minimum atomic E-state index is -0.608. The first-order chi connectivity index (χ1) is 9.97. The molecule has 1 heterocycles. The Morgan fingerprint density at radius 3 is 2.81 bits per heavy atom. The number of nitrogens with zero attached hydrogens (tertiary/aromatic N) is 2. The minimum absolute atomic E-state index is 0.00494. The fraction of sp³-hybridized carbons (Fsp3) is 0.357. The van der Waals surface area contributed by atoms with Crippen LogP contribution in [0.15, 0.2) is 30.6 Å². The molecule has 0 fully saturated rings. The molecule has 114 valence electrons. The van der Waals surface area contributed by atoms with Crippen molar-refractivity contribution in [3.05, 3.63) is 52.0 Å². The Balaban J connectivity index is 1.92. The average Bonchev–Trinajstić information content (AvgIpc) is 2.93. The van der Waals surface area contributed by atoms with Gasteiger partial charge < -0.3 is 10.4 Å². The van der Waals surface area contributed by atoms with E-state index in [1.165, 1.54) is 12.1 Å². The van der Waals surface area contributed by atoms with E-state index in [2.05, 4.69) is 10.4 Å². The normalized spacial score (nSPS) is 14.1. The SMILES string of the molecule is C[C@H](NC[C@H](O)Cn1cccn1)c1cc(F)c(Cl)cc1Cl. The van der Waals surface area contributed by atoms with E-state index < -0.39 is 11.9 Å². The summed E-state index contributed by atoms with van der Waals surface area (Å²) in [5.41, 5.74) is 0.602. The molecule has 4 nitrogen and oxygen atoms in total. The molecular formula is C14H16Cl2FN3O. The highest BCUT2D eigenvalue weighted by atomic mass is 35.5. The van der Waals surface area contributed by atoms with E-state index in [1.54, 1.807) is 23.1 Å². The largest absolute Gasteiger partial charge is 0.390 e. The van der Waals surface area contributed by atoms with Gasteiger partial charge in [-0.2, -0.15) is 5.10 Å². The number of aromatic nitrogens is 2. The molecule has 2 aromatic rings. The van der Waals surface area contributed by atoms with Crippen molar-refractivity contribution in [2.24, 2.45) is 0 Å². The topological polar surface area (TPSA) is 50.1 Å². The van der Waals surface area contributed by atoms with Crippen molar-refractivity contribution < 1.29 is 9.50 Å². The van der Waals surface area contributed by atoms with Crippen molar-refractivity contribution in [2.75, 3.05) is 6.54 Å². The number of halogens is 3. The van der Waals surface area contributed by atoms with Crippen LogP contribution >= 0.6 is 23.2 Å². The molecule has 0 aliphatic carbocycles. The van der Waals surface area contributed by atoms with Gasteiger partial charge in [-0.3, -0.25) is 4.68 Å². The highest BCUT2D eigenvalue weighted by Crippen LogP contribution is 2.28. The van der Waals surface area contributed by atoms with Gasteiger partial charge in [-0.05, 0) is 30.7 Å². The van der Waals surface area contributed by atoms with Gasteiger partial charge in [-0.25, -0.2) is 4.39 Å². The maximum atomic E-state index is 13.5. The standard InChI is InChI=1S/C14H16Cl2FN3O/c1-9(11-5-14(17)13(16)6-12(11)15)18-7-10(21)8-20-4-2-3-19-20/h2-6,9-10,18,21H,7-8H2,1H3/t9-,10-/m0/s1. The lowest BCUT2D eigenvalue weighted by Gasteiger charge is -2.19. The van der Waals surface area contributed by atoms with Crippen LogP contribution in [0.1, 0.15) is 18.5 Å². The van der Waals surface area contributed by atoms with Gasteiger partial charge in [-0.15, -0.1) is 0 Å². The smallest absolute Gasteiger partial charge is 0.142 e. The molecule has 0 saturated heterocycles. The van der Waals surface area contributed by atoms with Crippen molar-refractivity contribution in [1.82, 2.24) is 15.1 Å². The van der Waals surface area contributed by atoms with Crippen LogP contribution < -0.4 is 5.32 Å². The molecule has 2 atom stereocenters. The summed E-state index contributed by atoms with van der Waals surface area (Å²) < 4.78 is 15.1. The summed E-state index contributed by atoms with van der Waals surface area (Å²) in [5.74, 6) is -0.512. The molecule has 0 bridgehead atoms. The third-order valence-corrected chi connectivity index (χ3v) is 3.74. The Bertz CT molecular complexity index is 592. The van der Waals surface area contributed by atoms with E-state index in [0.29, 0.717) is 23.7 Å². The van der Waals surface area contributed by atoms with Crippen LogP contribution in [0.4, 0.5) is 4.39 Å². The predicted octanol–water partition coefficient (Wildman–Crippen LogP) is 3.04. The Morgan fingerprint density at radius 1 is 1.38 bits per heavy atom. The second-order valence-electron chi connectivity index (χ2n) is 4.80. The van der Waals surface area contributed by atoms with Crippen LogP contribution in [0.5, 0.6) is 0 Å². The number of benzene rings is 1. The van der Waals surface area contributed by atoms with E-state index in [1.807, 2.05) is 6.92 Å². The van der Waals surface area contributed by atoms with E-state index in [4.69, 9.17) is 23.2 Å². The van der Waals surface area contributed by atoms with Gasteiger partial charge in [0.2, 0.25) is 0 Å². The number of hydrogen-bond acceptors (Lipinski definition) is 3. The van der Waals surface area contributed by atoms with Gasteiger partial charge in [0.05, 0.1) is 17.7 Å². The third-order valence-electron chi connectivity index (χ3n) is 3.12. The molecule has 1 aromatic carbocycles. The quantitative estimate of drug-likeness (QED) is 0.800. The van der Waals surface area contributed by atoms with E-state index in [9.17, 15) is 9.50 Å². The molecule has 0 aliphatic rings. The zero-order chi connectivity index (χ0) is 15.4. The molecule has 1 aromatic heterocycles. The Labute approximate surface area is 132 Å². The maximum Gasteiger partial charge on any atom is 0.142 e. The van der Waals surface area contributed by atoms with Crippen LogP contribution in [0.2, 0.25) is 10.0 Å². The van der Waals surface area contributed by atoms with E-state index in [-0.39, 0.29) is 11.1 Å². The highest BCUT2D eigenvalue weighted by Gasteiger charge is 2.14. The van der Waals surface area contributed by atoms with Gasteiger partial charge in [0, 0.05) is 30.0 Å². The van der Waals surface area contributed by atoms with Gasteiger partial charge in [0.25, 0.3) is 0 Å². The van der Waals surface area contributed by atoms with Gasteiger partial charge in [-0.1, -0.05) is 23.2 Å². The van der Waals surface area contributed by atoms with E-state index >= 15 is 0 Å². The molecule has 0 spiro atoms. The Hall–Kier alpha value is -1.14. The number of aliphatic hydroxyl groups is 1. The minimum Gasteiger partial charge on any atom is -0.390 e. The number of hydrogen-bond donors (Lipinski definition) is 2. The van der Waals surface area contributed by atoms with E-state index in [0.717, 1.165) is 0 Å². The molecule has 0 saturated carbocycles.